The van der Waals surface area contributed by atoms with Crippen molar-refractivity contribution in [2.24, 2.45) is 5.92 Å². The van der Waals surface area contributed by atoms with E-state index in [4.69, 9.17) is 0 Å². The molecule has 33 heavy (non-hydrogen) atoms. The number of nitrogens with one attached hydrogen (secondary N) is 1. The number of carbonyl (C=O) groups is 1. The van der Waals surface area contributed by atoms with Gasteiger partial charge in [-0.2, -0.15) is 10.2 Å². The van der Waals surface area contributed by atoms with Gasteiger partial charge >= 0.3 is 0 Å². The average molecular weight is 446 g/mol. The van der Waals surface area contributed by atoms with Crippen molar-refractivity contribution in [2.45, 2.75) is 45.7 Å². The highest BCUT2D eigenvalue weighted by molar-refractivity contribution is 5.84. The second kappa shape index (κ2) is 8.81. The number of nitrogens with zero attached hydrogens (tertiary/aromatic N) is 4. The summed E-state index contributed by atoms with van der Waals surface area (Å²) in [5, 5.41) is 12.6. The van der Waals surface area contributed by atoms with Crippen LogP contribution in [0.5, 0.6) is 0 Å². The molecule has 1 aliphatic heterocycles. The number of rotatable bonds is 6. The predicted molar refractivity (Wildman–Crippen MR) is 126 cm³/mol. The lowest BCUT2D eigenvalue weighted by Gasteiger charge is -2.21. The lowest BCUT2D eigenvalue weighted by molar-refractivity contribution is -0.131. The summed E-state index contributed by atoms with van der Waals surface area (Å²) >= 11 is 0. The number of hydrogen-bond acceptors (Lipinski definition) is 3. The Hall–Kier alpha value is -3.48. The third-order valence-electron chi connectivity index (χ3n) is 6.70. The highest BCUT2D eigenvalue weighted by Crippen LogP contribution is 2.28. The summed E-state index contributed by atoms with van der Waals surface area (Å²) in [6.45, 7) is 5.45. The van der Waals surface area contributed by atoms with Gasteiger partial charge in [0.25, 0.3) is 0 Å². The van der Waals surface area contributed by atoms with Crippen LogP contribution < -0.4 is 0 Å². The standard InChI is InChI=1S/C26H28FN5O/c1-17-3-4-20(24(27)9-17)6-8-26(33)31-15-19(10-18(31)2)16-32-25-7-5-21(11-22(25)14-30-32)23-12-28-29-13-23/h3-5,7,9,11-14,18-19H,6,8,10,15-16H2,1-2H3,(H,28,29)/t18-,19?/m1/s1. The fourth-order valence-electron chi connectivity index (χ4n) is 4.93. The Morgan fingerprint density at radius 1 is 1.18 bits per heavy atom. The fraction of sp³-hybridized carbons (Fsp3) is 0.346. The number of aromatic nitrogens is 4. The molecule has 7 heteroatoms. The van der Waals surface area contributed by atoms with Gasteiger partial charge in [0.05, 0.1) is 17.9 Å². The summed E-state index contributed by atoms with van der Waals surface area (Å²) in [7, 11) is 0. The molecule has 1 aliphatic rings. The quantitative estimate of drug-likeness (QED) is 0.466. The Bertz CT molecular complexity index is 1280. The number of H-pyrrole nitrogens is 1. The molecule has 2 aromatic carbocycles. The van der Waals surface area contributed by atoms with Crippen molar-refractivity contribution >= 4 is 16.8 Å². The zero-order valence-electron chi connectivity index (χ0n) is 19.0. The molecule has 0 spiro atoms. The van der Waals surface area contributed by atoms with Crippen LogP contribution in [0.4, 0.5) is 4.39 Å². The molecule has 2 atom stereocenters. The van der Waals surface area contributed by atoms with E-state index >= 15 is 0 Å². The first-order valence-electron chi connectivity index (χ1n) is 11.5. The van der Waals surface area contributed by atoms with Gasteiger partial charge in [-0.25, -0.2) is 4.39 Å². The van der Waals surface area contributed by atoms with Gasteiger partial charge in [-0.15, -0.1) is 0 Å². The molecule has 4 aromatic rings. The minimum absolute atomic E-state index is 0.0973. The summed E-state index contributed by atoms with van der Waals surface area (Å²) in [5.74, 6) is 0.216. The van der Waals surface area contributed by atoms with E-state index in [1.165, 1.54) is 6.07 Å². The topological polar surface area (TPSA) is 66.8 Å². The second-order valence-corrected chi connectivity index (χ2v) is 9.18. The third-order valence-corrected chi connectivity index (χ3v) is 6.70. The van der Waals surface area contributed by atoms with Crippen molar-refractivity contribution in [2.75, 3.05) is 6.54 Å². The van der Waals surface area contributed by atoms with E-state index in [1.807, 2.05) is 41.2 Å². The van der Waals surface area contributed by atoms with E-state index in [0.717, 1.165) is 40.6 Å². The first-order valence-corrected chi connectivity index (χ1v) is 11.5. The highest BCUT2D eigenvalue weighted by atomic mass is 19.1. The Morgan fingerprint density at radius 2 is 2.06 bits per heavy atom. The van der Waals surface area contributed by atoms with Gasteiger partial charge in [0.2, 0.25) is 5.91 Å². The monoisotopic (exact) mass is 445 g/mol. The Balaban J connectivity index is 1.22. The van der Waals surface area contributed by atoms with Gasteiger partial charge in [-0.05, 0) is 67.5 Å². The lowest BCUT2D eigenvalue weighted by Crippen LogP contribution is -2.34. The Kier molecular flexibility index (Phi) is 5.70. The first-order chi connectivity index (χ1) is 16.0. The van der Waals surface area contributed by atoms with Crippen molar-refractivity contribution in [1.82, 2.24) is 24.9 Å². The number of aryl methyl sites for hydroxylation is 2. The molecule has 5 rings (SSSR count). The zero-order chi connectivity index (χ0) is 22.9. The van der Waals surface area contributed by atoms with Crippen molar-refractivity contribution < 1.29 is 9.18 Å². The highest BCUT2D eigenvalue weighted by Gasteiger charge is 2.32. The molecular weight excluding hydrogens is 417 g/mol. The maximum absolute atomic E-state index is 14.1. The number of fused-ring (bicyclic) bond motifs is 1. The molecule has 6 nitrogen and oxygen atoms in total. The summed E-state index contributed by atoms with van der Waals surface area (Å²) in [4.78, 5) is 14.8. The molecule has 0 bridgehead atoms. The maximum atomic E-state index is 14.1. The number of amides is 1. The largest absolute Gasteiger partial charge is 0.340 e. The minimum Gasteiger partial charge on any atom is -0.340 e. The number of aromatic amines is 1. The van der Waals surface area contributed by atoms with Crippen LogP contribution in [0.25, 0.3) is 22.0 Å². The van der Waals surface area contributed by atoms with E-state index in [9.17, 15) is 9.18 Å². The van der Waals surface area contributed by atoms with Crippen LogP contribution in [0.3, 0.4) is 0 Å². The van der Waals surface area contributed by atoms with Crippen LogP contribution in [-0.2, 0) is 17.8 Å². The van der Waals surface area contributed by atoms with Crippen LogP contribution in [0.2, 0.25) is 0 Å². The zero-order valence-corrected chi connectivity index (χ0v) is 19.0. The molecule has 1 saturated heterocycles. The molecule has 170 valence electrons. The molecule has 0 radical (unpaired) electrons. The maximum Gasteiger partial charge on any atom is 0.223 e. The van der Waals surface area contributed by atoms with E-state index < -0.39 is 0 Å². The van der Waals surface area contributed by atoms with Crippen LogP contribution in [0, 0.1) is 18.7 Å². The SMILES string of the molecule is Cc1ccc(CCC(=O)N2CC(Cn3ncc4cc(-c5cn[nH]c5)ccc43)C[C@H]2C)c(F)c1. The van der Waals surface area contributed by atoms with E-state index in [1.54, 1.807) is 6.07 Å². The fourth-order valence-corrected chi connectivity index (χ4v) is 4.93. The van der Waals surface area contributed by atoms with Crippen molar-refractivity contribution in [1.29, 1.82) is 0 Å². The summed E-state index contributed by atoms with van der Waals surface area (Å²) in [6.07, 6.45) is 7.30. The molecule has 0 aliphatic carbocycles. The number of benzene rings is 2. The molecule has 1 fully saturated rings. The van der Waals surface area contributed by atoms with Gasteiger partial charge in [-0.3, -0.25) is 14.6 Å². The number of likely N-dealkylation sites (tertiary alicyclic amines) is 1. The van der Waals surface area contributed by atoms with Gasteiger partial charge in [0, 0.05) is 42.7 Å². The van der Waals surface area contributed by atoms with Gasteiger partial charge in [0.15, 0.2) is 0 Å². The van der Waals surface area contributed by atoms with Gasteiger partial charge < -0.3 is 4.90 Å². The van der Waals surface area contributed by atoms with Crippen molar-refractivity contribution in [3.05, 3.63) is 71.9 Å². The smallest absolute Gasteiger partial charge is 0.223 e. The number of carbonyl (C=O) groups excluding carboxylic acids is 1. The van der Waals surface area contributed by atoms with Crippen LogP contribution in [0.1, 0.15) is 30.9 Å². The lowest BCUT2D eigenvalue weighted by atomic mass is 10.1. The molecule has 3 heterocycles. The van der Waals surface area contributed by atoms with Gasteiger partial charge in [0.1, 0.15) is 5.82 Å². The van der Waals surface area contributed by atoms with E-state index in [2.05, 4.69) is 40.4 Å². The Labute approximate surface area is 192 Å². The second-order valence-electron chi connectivity index (χ2n) is 9.18. The van der Waals surface area contributed by atoms with Gasteiger partial charge in [-0.1, -0.05) is 18.2 Å². The summed E-state index contributed by atoms with van der Waals surface area (Å²) in [5.41, 5.74) is 4.74. The predicted octanol–water partition coefficient (Wildman–Crippen LogP) is 4.74. The van der Waals surface area contributed by atoms with Crippen LogP contribution in [-0.4, -0.2) is 43.4 Å². The van der Waals surface area contributed by atoms with Crippen LogP contribution in [0.15, 0.2) is 55.0 Å². The number of hydrogen-bond donors (Lipinski definition) is 1. The van der Waals surface area contributed by atoms with Crippen LogP contribution >= 0.6 is 0 Å². The molecule has 1 N–H and O–H groups in total. The average Bonchev–Trinajstić information content (AvgIpc) is 3.53. The van der Waals surface area contributed by atoms with Crippen molar-refractivity contribution in [3.8, 4) is 11.1 Å². The first kappa shape index (κ1) is 21.4. The van der Waals surface area contributed by atoms with E-state index in [0.29, 0.717) is 30.9 Å². The van der Waals surface area contributed by atoms with E-state index in [-0.39, 0.29) is 17.8 Å². The summed E-state index contributed by atoms with van der Waals surface area (Å²) in [6, 6.07) is 11.7. The normalized spacial score (nSPS) is 18.3. The molecular formula is C26H28FN5O. The molecule has 1 unspecified atom stereocenters. The third kappa shape index (κ3) is 4.40. The minimum atomic E-state index is -0.225. The van der Waals surface area contributed by atoms with Crippen molar-refractivity contribution in [3.63, 3.8) is 0 Å². The Morgan fingerprint density at radius 3 is 2.85 bits per heavy atom. The molecule has 1 amide bonds. The number of halogens is 1. The molecule has 0 saturated carbocycles. The summed E-state index contributed by atoms with van der Waals surface area (Å²) < 4.78 is 16.2. The molecule has 2 aromatic heterocycles.